The van der Waals surface area contributed by atoms with Gasteiger partial charge in [-0.15, -0.1) is 0 Å². The molecular formula is C26H54N4O. The van der Waals surface area contributed by atoms with E-state index in [0.29, 0.717) is 6.54 Å². The second kappa shape index (κ2) is 25.0. The molecule has 0 aliphatic heterocycles. The van der Waals surface area contributed by atoms with E-state index in [9.17, 15) is 4.79 Å². The number of carbonyl (C=O) groups is 1. The molecule has 5 nitrogen and oxygen atoms in total. The SMILES string of the molecule is CCCCCCCCCCCCCCCCCCCCCCCCNC(=O)NC(=N)N. The van der Waals surface area contributed by atoms with E-state index in [1.54, 1.807) is 0 Å². The normalized spacial score (nSPS) is 10.9. The summed E-state index contributed by atoms with van der Waals surface area (Å²) >= 11 is 0. The average Bonchev–Trinajstić information content (AvgIpc) is 2.73. The van der Waals surface area contributed by atoms with Gasteiger partial charge in [-0.3, -0.25) is 10.7 Å². The van der Waals surface area contributed by atoms with E-state index in [-0.39, 0.29) is 12.0 Å². The van der Waals surface area contributed by atoms with Crippen molar-refractivity contribution in [1.29, 1.82) is 5.41 Å². The van der Waals surface area contributed by atoms with Crippen molar-refractivity contribution in [1.82, 2.24) is 10.6 Å². The Hall–Kier alpha value is -1.26. The Balaban J connectivity index is 3.06. The standard InChI is InChI=1S/C26H54N4O/c1-2-3-4-5-6-7-8-9-10-11-12-13-14-15-16-17-18-19-20-21-22-23-24-29-26(31)30-25(27)28/h2-24H2,1H3,(H5,27,28,29,30,31). The summed E-state index contributed by atoms with van der Waals surface area (Å²) in [6.45, 7) is 2.94. The fraction of sp³-hybridized carbons (Fsp3) is 0.923. The fourth-order valence-corrected chi connectivity index (χ4v) is 4.10. The Kier molecular flexibility index (Phi) is 24.0. The third-order valence-electron chi connectivity index (χ3n) is 6.06. The third kappa shape index (κ3) is 26.7. The Morgan fingerprint density at radius 3 is 1.16 bits per heavy atom. The average molecular weight is 439 g/mol. The van der Waals surface area contributed by atoms with E-state index >= 15 is 0 Å². The number of unbranched alkanes of at least 4 members (excludes halogenated alkanes) is 21. The summed E-state index contributed by atoms with van der Waals surface area (Å²) in [5.41, 5.74) is 5.09. The van der Waals surface area contributed by atoms with Crippen molar-refractivity contribution in [3.63, 3.8) is 0 Å². The topological polar surface area (TPSA) is 91.0 Å². The first-order valence-corrected chi connectivity index (χ1v) is 13.6. The van der Waals surface area contributed by atoms with E-state index in [1.165, 1.54) is 128 Å². The lowest BCUT2D eigenvalue weighted by molar-refractivity contribution is 0.245. The van der Waals surface area contributed by atoms with Gasteiger partial charge in [0.1, 0.15) is 0 Å². The Morgan fingerprint density at radius 1 is 0.581 bits per heavy atom. The van der Waals surface area contributed by atoms with Crippen LogP contribution in [0.3, 0.4) is 0 Å². The largest absolute Gasteiger partial charge is 0.370 e. The minimum absolute atomic E-state index is 0.313. The summed E-state index contributed by atoms with van der Waals surface area (Å²) in [5, 5.41) is 11.9. The minimum Gasteiger partial charge on any atom is -0.370 e. The van der Waals surface area contributed by atoms with Crippen LogP contribution in [0.2, 0.25) is 0 Å². The fourth-order valence-electron chi connectivity index (χ4n) is 4.10. The van der Waals surface area contributed by atoms with Gasteiger partial charge in [0.25, 0.3) is 0 Å². The molecule has 5 heteroatoms. The van der Waals surface area contributed by atoms with Gasteiger partial charge in [-0.05, 0) is 6.42 Å². The van der Waals surface area contributed by atoms with Crippen LogP contribution in [-0.4, -0.2) is 18.5 Å². The smallest absolute Gasteiger partial charge is 0.321 e. The molecule has 5 N–H and O–H groups in total. The van der Waals surface area contributed by atoms with Gasteiger partial charge in [0, 0.05) is 6.54 Å². The highest BCUT2D eigenvalue weighted by Crippen LogP contribution is 2.15. The highest BCUT2D eigenvalue weighted by atomic mass is 16.2. The maximum atomic E-state index is 11.2. The lowest BCUT2D eigenvalue weighted by Gasteiger charge is -2.06. The molecule has 0 spiro atoms. The molecule has 0 aromatic rings. The Labute approximate surface area is 193 Å². The van der Waals surface area contributed by atoms with Crippen LogP contribution in [0.4, 0.5) is 4.79 Å². The van der Waals surface area contributed by atoms with Crippen LogP contribution in [0.5, 0.6) is 0 Å². The van der Waals surface area contributed by atoms with Crippen molar-refractivity contribution in [2.45, 2.75) is 148 Å². The molecule has 31 heavy (non-hydrogen) atoms. The van der Waals surface area contributed by atoms with Crippen molar-refractivity contribution >= 4 is 12.0 Å². The molecule has 0 aromatic heterocycles. The summed E-state index contributed by atoms with van der Waals surface area (Å²) in [6, 6.07) is -0.379. The highest BCUT2D eigenvalue weighted by molar-refractivity contribution is 5.93. The van der Waals surface area contributed by atoms with Crippen LogP contribution in [0.25, 0.3) is 0 Å². The van der Waals surface area contributed by atoms with Crippen molar-refractivity contribution in [3.8, 4) is 0 Å². The summed E-state index contributed by atoms with van der Waals surface area (Å²) in [6.07, 6.45) is 30.4. The summed E-state index contributed by atoms with van der Waals surface area (Å²) in [5.74, 6) is -0.313. The molecule has 0 saturated carbocycles. The molecule has 0 rings (SSSR count). The molecule has 2 amide bonds. The molecule has 0 fully saturated rings. The number of urea groups is 1. The predicted octanol–water partition coefficient (Wildman–Crippen LogP) is 7.78. The van der Waals surface area contributed by atoms with Gasteiger partial charge < -0.3 is 11.1 Å². The van der Waals surface area contributed by atoms with Crippen molar-refractivity contribution < 1.29 is 4.79 Å². The molecule has 0 aliphatic rings. The van der Waals surface area contributed by atoms with E-state index in [0.717, 1.165) is 12.8 Å². The number of guanidine groups is 1. The van der Waals surface area contributed by atoms with Crippen molar-refractivity contribution in [2.75, 3.05) is 6.54 Å². The molecule has 0 aromatic carbocycles. The van der Waals surface area contributed by atoms with Crippen LogP contribution < -0.4 is 16.4 Å². The van der Waals surface area contributed by atoms with Crippen LogP contribution in [0, 0.1) is 5.41 Å². The quantitative estimate of drug-likeness (QED) is 0.0745. The molecule has 0 aliphatic carbocycles. The number of nitrogens with two attached hydrogens (primary N) is 1. The zero-order chi connectivity index (χ0) is 22.8. The maximum absolute atomic E-state index is 11.2. The van der Waals surface area contributed by atoms with Crippen LogP contribution >= 0.6 is 0 Å². The zero-order valence-electron chi connectivity index (χ0n) is 20.7. The van der Waals surface area contributed by atoms with Crippen LogP contribution in [-0.2, 0) is 0 Å². The number of hydrogen-bond donors (Lipinski definition) is 4. The number of amides is 2. The van der Waals surface area contributed by atoms with Crippen LogP contribution in [0.15, 0.2) is 0 Å². The number of hydrogen-bond acceptors (Lipinski definition) is 2. The second-order valence-electron chi connectivity index (χ2n) is 9.22. The molecule has 0 bridgehead atoms. The van der Waals surface area contributed by atoms with Gasteiger partial charge >= 0.3 is 6.03 Å². The van der Waals surface area contributed by atoms with Gasteiger partial charge in [0.05, 0.1) is 0 Å². The first-order valence-electron chi connectivity index (χ1n) is 13.6. The molecule has 0 radical (unpaired) electrons. The molecule has 0 saturated heterocycles. The van der Waals surface area contributed by atoms with Gasteiger partial charge in [-0.1, -0.05) is 142 Å². The van der Waals surface area contributed by atoms with Crippen LogP contribution in [0.1, 0.15) is 148 Å². The Morgan fingerprint density at radius 2 is 0.871 bits per heavy atom. The van der Waals surface area contributed by atoms with E-state index in [4.69, 9.17) is 11.1 Å². The van der Waals surface area contributed by atoms with E-state index < -0.39 is 0 Å². The minimum atomic E-state index is -0.379. The Bertz CT molecular complexity index is 401. The molecular weight excluding hydrogens is 384 g/mol. The molecule has 0 atom stereocenters. The monoisotopic (exact) mass is 438 g/mol. The summed E-state index contributed by atoms with van der Waals surface area (Å²) in [7, 11) is 0. The predicted molar refractivity (Wildman–Crippen MR) is 136 cm³/mol. The van der Waals surface area contributed by atoms with Crippen molar-refractivity contribution in [3.05, 3.63) is 0 Å². The van der Waals surface area contributed by atoms with Gasteiger partial charge in [-0.2, -0.15) is 0 Å². The zero-order valence-corrected chi connectivity index (χ0v) is 20.7. The number of nitrogens with one attached hydrogen (secondary N) is 3. The molecule has 0 unspecified atom stereocenters. The van der Waals surface area contributed by atoms with Crippen molar-refractivity contribution in [2.24, 2.45) is 5.73 Å². The van der Waals surface area contributed by atoms with E-state index in [2.05, 4.69) is 17.6 Å². The van der Waals surface area contributed by atoms with Gasteiger partial charge in [0.2, 0.25) is 0 Å². The third-order valence-corrected chi connectivity index (χ3v) is 6.06. The lowest BCUT2D eigenvalue weighted by atomic mass is 10.0. The first kappa shape index (κ1) is 29.7. The van der Waals surface area contributed by atoms with Gasteiger partial charge in [-0.25, -0.2) is 4.79 Å². The van der Waals surface area contributed by atoms with E-state index in [1.807, 2.05) is 0 Å². The second-order valence-corrected chi connectivity index (χ2v) is 9.22. The molecule has 184 valence electrons. The number of rotatable bonds is 23. The maximum Gasteiger partial charge on any atom is 0.321 e. The van der Waals surface area contributed by atoms with Gasteiger partial charge in [0.15, 0.2) is 5.96 Å². The first-order chi connectivity index (χ1) is 15.2. The molecule has 0 heterocycles. The lowest BCUT2D eigenvalue weighted by Crippen LogP contribution is -2.42. The summed E-state index contributed by atoms with van der Waals surface area (Å²) < 4.78 is 0. The number of carbonyl (C=O) groups excluding carboxylic acids is 1. The highest BCUT2D eigenvalue weighted by Gasteiger charge is 1.99. The summed E-state index contributed by atoms with van der Waals surface area (Å²) in [4.78, 5) is 11.2.